The Labute approximate surface area is 153 Å². The summed E-state index contributed by atoms with van der Waals surface area (Å²) < 4.78 is 12.9. The lowest BCUT2D eigenvalue weighted by Crippen LogP contribution is -2.53. The first-order valence-corrected chi connectivity index (χ1v) is 9.30. The van der Waals surface area contributed by atoms with Crippen LogP contribution < -0.4 is 5.32 Å². The third-order valence-corrected chi connectivity index (χ3v) is 5.24. The maximum Gasteiger partial charge on any atom is 0.236 e. The van der Waals surface area contributed by atoms with E-state index >= 15 is 0 Å². The van der Waals surface area contributed by atoms with Gasteiger partial charge in [-0.1, -0.05) is 12.1 Å². The first-order valence-electron chi connectivity index (χ1n) is 8.89. The highest BCUT2D eigenvalue weighted by molar-refractivity contribution is 7.80. The zero-order chi connectivity index (χ0) is 17.6. The summed E-state index contributed by atoms with van der Waals surface area (Å²) in [5.41, 5.74) is 0.999. The van der Waals surface area contributed by atoms with E-state index in [1.807, 2.05) is 4.90 Å². The Balaban J connectivity index is 1.38. The predicted molar refractivity (Wildman–Crippen MR) is 99.7 cm³/mol. The molecule has 0 unspecified atom stereocenters. The average Bonchev–Trinajstić information content (AvgIpc) is 3.16. The van der Waals surface area contributed by atoms with Crippen LogP contribution in [0.4, 0.5) is 4.39 Å². The predicted octanol–water partition coefficient (Wildman–Crippen LogP) is 1.44. The molecule has 0 bridgehead atoms. The molecule has 5 nitrogen and oxygen atoms in total. The van der Waals surface area contributed by atoms with Gasteiger partial charge >= 0.3 is 0 Å². The molecule has 2 fully saturated rings. The molecular weight excluding hydrogens is 339 g/mol. The molecule has 136 valence electrons. The maximum atomic E-state index is 12.9. The normalized spacial score (nSPS) is 18.4. The Morgan fingerprint density at radius 1 is 1.00 bits per heavy atom. The highest BCUT2D eigenvalue weighted by atomic mass is 32.1. The minimum atomic E-state index is -0.231. The van der Waals surface area contributed by atoms with Gasteiger partial charge < -0.3 is 15.1 Å². The Hall–Kier alpha value is -1.73. The van der Waals surface area contributed by atoms with Crippen LogP contribution in [0.1, 0.15) is 18.4 Å². The molecule has 25 heavy (non-hydrogen) atoms. The summed E-state index contributed by atoms with van der Waals surface area (Å²) in [5.74, 6) is 0.0221. The number of rotatable bonds is 4. The van der Waals surface area contributed by atoms with Crippen molar-refractivity contribution < 1.29 is 9.18 Å². The van der Waals surface area contributed by atoms with Crippen molar-refractivity contribution in [2.24, 2.45) is 0 Å². The first-order chi connectivity index (χ1) is 12.1. The number of carbonyl (C=O) groups is 1. The number of carbonyl (C=O) groups excluding carboxylic acids is 1. The van der Waals surface area contributed by atoms with Crippen molar-refractivity contribution in [2.75, 3.05) is 45.8 Å². The molecule has 0 aromatic heterocycles. The summed E-state index contributed by atoms with van der Waals surface area (Å²) >= 11 is 5.46. The van der Waals surface area contributed by atoms with Crippen molar-refractivity contribution in [3.05, 3.63) is 35.6 Å². The molecule has 2 saturated heterocycles. The van der Waals surface area contributed by atoms with Crippen LogP contribution in [-0.4, -0.2) is 71.5 Å². The maximum absolute atomic E-state index is 12.9. The number of hydrogen-bond donors (Lipinski definition) is 1. The molecule has 1 aromatic carbocycles. The van der Waals surface area contributed by atoms with E-state index in [4.69, 9.17) is 12.2 Å². The van der Waals surface area contributed by atoms with Gasteiger partial charge in [0.25, 0.3) is 0 Å². The van der Waals surface area contributed by atoms with Gasteiger partial charge in [-0.3, -0.25) is 9.69 Å². The largest absolute Gasteiger partial charge is 0.358 e. The van der Waals surface area contributed by atoms with E-state index in [1.54, 1.807) is 12.1 Å². The summed E-state index contributed by atoms with van der Waals surface area (Å²) in [6.45, 7) is 6.27. The second-order valence-electron chi connectivity index (χ2n) is 6.64. The van der Waals surface area contributed by atoms with E-state index in [0.29, 0.717) is 13.1 Å². The zero-order valence-electron chi connectivity index (χ0n) is 14.4. The number of nitrogens with zero attached hydrogens (tertiary/aromatic N) is 3. The highest BCUT2D eigenvalue weighted by Gasteiger charge is 2.24. The Morgan fingerprint density at radius 3 is 2.28 bits per heavy atom. The summed E-state index contributed by atoms with van der Waals surface area (Å²) in [7, 11) is 0. The summed E-state index contributed by atoms with van der Waals surface area (Å²) in [4.78, 5) is 18.5. The van der Waals surface area contributed by atoms with Crippen molar-refractivity contribution in [1.29, 1.82) is 0 Å². The topological polar surface area (TPSA) is 38.8 Å². The number of benzene rings is 1. The summed E-state index contributed by atoms with van der Waals surface area (Å²) in [6.07, 6.45) is 2.26. The molecule has 0 spiro atoms. The van der Waals surface area contributed by atoms with Crippen LogP contribution in [0.25, 0.3) is 0 Å². The van der Waals surface area contributed by atoms with Crippen LogP contribution in [0.3, 0.4) is 0 Å². The number of likely N-dealkylation sites (tertiary alicyclic amines) is 1. The molecule has 1 N–H and O–H groups in total. The van der Waals surface area contributed by atoms with Gasteiger partial charge in [0.2, 0.25) is 5.91 Å². The average molecular weight is 364 g/mol. The molecule has 0 atom stereocenters. The van der Waals surface area contributed by atoms with E-state index in [1.165, 1.54) is 12.1 Å². The van der Waals surface area contributed by atoms with Gasteiger partial charge in [0.05, 0.1) is 6.54 Å². The minimum absolute atomic E-state index is 0.231. The molecule has 3 rings (SSSR count). The smallest absolute Gasteiger partial charge is 0.236 e. The third-order valence-electron chi connectivity index (χ3n) is 4.83. The van der Waals surface area contributed by atoms with E-state index in [9.17, 15) is 9.18 Å². The van der Waals surface area contributed by atoms with Gasteiger partial charge in [-0.25, -0.2) is 4.39 Å². The molecule has 0 saturated carbocycles. The molecule has 0 radical (unpaired) electrons. The molecular formula is C18H25FN4OS. The van der Waals surface area contributed by atoms with Crippen molar-refractivity contribution in [1.82, 2.24) is 20.0 Å². The molecule has 2 aliphatic heterocycles. The van der Waals surface area contributed by atoms with Crippen LogP contribution in [0.15, 0.2) is 24.3 Å². The number of piperazine rings is 1. The highest BCUT2D eigenvalue weighted by Crippen LogP contribution is 2.10. The number of thiocarbonyl (C=S) groups is 1. The van der Waals surface area contributed by atoms with Crippen LogP contribution in [0.5, 0.6) is 0 Å². The second kappa shape index (κ2) is 8.58. The fourth-order valence-electron chi connectivity index (χ4n) is 3.26. The Morgan fingerprint density at radius 2 is 1.64 bits per heavy atom. The number of halogens is 1. The van der Waals surface area contributed by atoms with E-state index in [-0.39, 0.29) is 11.7 Å². The van der Waals surface area contributed by atoms with E-state index in [2.05, 4.69) is 15.1 Å². The van der Waals surface area contributed by atoms with Crippen LogP contribution >= 0.6 is 12.2 Å². The molecule has 7 heteroatoms. The fraction of sp³-hybridized carbons (Fsp3) is 0.556. The van der Waals surface area contributed by atoms with Gasteiger partial charge in [-0.05, 0) is 42.8 Å². The number of hydrogen-bond acceptors (Lipinski definition) is 3. The SMILES string of the molecule is O=C(CN1CCN(C(=S)NCc2ccc(F)cc2)CC1)N1CCCC1. The van der Waals surface area contributed by atoms with Gasteiger partial charge in [-0.2, -0.15) is 0 Å². The van der Waals surface area contributed by atoms with Crippen molar-refractivity contribution in [3.8, 4) is 0 Å². The number of amides is 1. The lowest BCUT2D eigenvalue weighted by atomic mass is 10.2. The molecule has 2 aliphatic rings. The van der Waals surface area contributed by atoms with Crippen LogP contribution in [0, 0.1) is 5.82 Å². The Bertz CT molecular complexity index is 596. The van der Waals surface area contributed by atoms with Gasteiger partial charge in [-0.15, -0.1) is 0 Å². The minimum Gasteiger partial charge on any atom is -0.358 e. The third kappa shape index (κ3) is 5.12. The van der Waals surface area contributed by atoms with Crippen LogP contribution in [-0.2, 0) is 11.3 Å². The summed E-state index contributed by atoms with van der Waals surface area (Å²) in [6, 6.07) is 6.42. The standard InChI is InChI=1S/C18H25FN4OS/c19-16-5-3-15(4-6-16)13-20-18(25)23-11-9-21(10-12-23)14-17(24)22-7-1-2-8-22/h3-6H,1-2,7-14H2,(H,20,25). The van der Waals surface area contributed by atoms with Crippen molar-refractivity contribution in [2.45, 2.75) is 19.4 Å². The lowest BCUT2D eigenvalue weighted by molar-refractivity contribution is -0.131. The summed E-state index contributed by atoms with van der Waals surface area (Å²) in [5, 5.41) is 3.95. The van der Waals surface area contributed by atoms with Gasteiger partial charge in [0, 0.05) is 45.8 Å². The quantitative estimate of drug-likeness (QED) is 0.819. The fourth-order valence-corrected chi connectivity index (χ4v) is 3.51. The van der Waals surface area contributed by atoms with E-state index < -0.39 is 0 Å². The van der Waals surface area contributed by atoms with Gasteiger partial charge in [0.15, 0.2) is 5.11 Å². The molecule has 1 amide bonds. The monoisotopic (exact) mass is 364 g/mol. The number of nitrogens with one attached hydrogen (secondary N) is 1. The zero-order valence-corrected chi connectivity index (χ0v) is 15.2. The molecule has 2 heterocycles. The van der Waals surface area contributed by atoms with Gasteiger partial charge in [0.1, 0.15) is 5.82 Å². The molecule has 1 aromatic rings. The van der Waals surface area contributed by atoms with E-state index in [0.717, 1.165) is 62.8 Å². The second-order valence-corrected chi connectivity index (χ2v) is 7.02. The lowest BCUT2D eigenvalue weighted by Gasteiger charge is -2.36. The Kier molecular flexibility index (Phi) is 6.20. The van der Waals surface area contributed by atoms with Crippen molar-refractivity contribution in [3.63, 3.8) is 0 Å². The molecule has 0 aliphatic carbocycles. The van der Waals surface area contributed by atoms with Crippen LogP contribution in [0.2, 0.25) is 0 Å². The first kappa shape index (κ1) is 18.1. The van der Waals surface area contributed by atoms with Crippen molar-refractivity contribution >= 4 is 23.2 Å².